The Balaban J connectivity index is 2.13. The minimum Gasteiger partial charge on any atom is -0.495 e. The first-order chi connectivity index (χ1) is 9.51. The Labute approximate surface area is 126 Å². The third-order valence-corrected chi connectivity index (χ3v) is 3.83. The van der Waals surface area contributed by atoms with Crippen LogP contribution in [0.1, 0.15) is 18.4 Å². The van der Waals surface area contributed by atoms with Gasteiger partial charge in [-0.25, -0.2) is 0 Å². The second kappa shape index (κ2) is 6.26. The molecule has 1 aliphatic rings. The Bertz CT molecular complexity index is 535. The van der Waals surface area contributed by atoms with E-state index in [1.807, 2.05) is 19.1 Å². The maximum Gasteiger partial charge on any atom is 0.229 e. The Morgan fingerprint density at radius 1 is 1.50 bits per heavy atom. The summed E-state index contributed by atoms with van der Waals surface area (Å²) in [6, 6.07) is 3.73. The van der Waals surface area contributed by atoms with Gasteiger partial charge in [0.25, 0.3) is 0 Å². The average Bonchev–Trinajstić information content (AvgIpc) is 2.42. The number of ether oxygens (including phenoxy) is 1. The molecule has 108 valence electrons. The minimum atomic E-state index is -0.194. The SMILES string of the molecule is COc1cc(Br)cc(C)c1NC(=O)C1CCC(=O)NC1. The van der Waals surface area contributed by atoms with E-state index in [0.717, 1.165) is 10.0 Å². The molecule has 1 atom stereocenters. The van der Waals surface area contributed by atoms with Crippen molar-refractivity contribution in [2.45, 2.75) is 19.8 Å². The van der Waals surface area contributed by atoms with Gasteiger partial charge in [0.2, 0.25) is 11.8 Å². The van der Waals surface area contributed by atoms with E-state index in [4.69, 9.17) is 4.74 Å². The van der Waals surface area contributed by atoms with Crippen molar-refractivity contribution in [3.05, 3.63) is 22.2 Å². The average molecular weight is 341 g/mol. The van der Waals surface area contributed by atoms with Crippen LogP contribution in [0.3, 0.4) is 0 Å². The molecular weight excluding hydrogens is 324 g/mol. The van der Waals surface area contributed by atoms with Crippen molar-refractivity contribution >= 4 is 33.4 Å². The number of aryl methyl sites for hydroxylation is 1. The number of halogens is 1. The van der Waals surface area contributed by atoms with Crippen LogP contribution >= 0.6 is 15.9 Å². The molecule has 1 aromatic rings. The van der Waals surface area contributed by atoms with E-state index in [1.165, 1.54) is 0 Å². The molecule has 2 rings (SSSR count). The number of hydrogen-bond acceptors (Lipinski definition) is 3. The maximum absolute atomic E-state index is 12.2. The van der Waals surface area contributed by atoms with Crippen molar-refractivity contribution in [3.63, 3.8) is 0 Å². The van der Waals surface area contributed by atoms with Gasteiger partial charge in [-0.1, -0.05) is 15.9 Å². The van der Waals surface area contributed by atoms with Gasteiger partial charge in [0, 0.05) is 17.4 Å². The third-order valence-electron chi connectivity index (χ3n) is 3.37. The molecule has 1 saturated heterocycles. The van der Waals surface area contributed by atoms with Crippen LogP contribution < -0.4 is 15.4 Å². The zero-order valence-corrected chi connectivity index (χ0v) is 13.0. The molecule has 0 bridgehead atoms. The first-order valence-corrected chi connectivity index (χ1v) is 7.22. The van der Waals surface area contributed by atoms with Crippen LogP contribution in [-0.4, -0.2) is 25.5 Å². The number of carbonyl (C=O) groups is 2. The first-order valence-electron chi connectivity index (χ1n) is 6.43. The Kier molecular flexibility index (Phi) is 4.65. The number of hydrogen-bond donors (Lipinski definition) is 2. The van der Waals surface area contributed by atoms with Gasteiger partial charge in [0.15, 0.2) is 0 Å². The predicted octanol–water partition coefficient (Wildman–Crippen LogP) is 2.23. The molecule has 0 saturated carbocycles. The van der Waals surface area contributed by atoms with Gasteiger partial charge in [0.1, 0.15) is 5.75 Å². The molecule has 2 amide bonds. The summed E-state index contributed by atoms with van der Waals surface area (Å²) in [5, 5.41) is 5.62. The quantitative estimate of drug-likeness (QED) is 0.886. The zero-order chi connectivity index (χ0) is 14.7. The normalized spacial score (nSPS) is 18.4. The smallest absolute Gasteiger partial charge is 0.229 e. The zero-order valence-electron chi connectivity index (χ0n) is 11.5. The summed E-state index contributed by atoms with van der Waals surface area (Å²) < 4.78 is 6.20. The number of piperidine rings is 1. The third kappa shape index (κ3) is 3.30. The van der Waals surface area contributed by atoms with Crippen LogP contribution in [0.2, 0.25) is 0 Å². The predicted molar refractivity (Wildman–Crippen MR) is 79.8 cm³/mol. The summed E-state index contributed by atoms with van der Waals surface area (Å²) in [6.45, 7) is 2.30. The van der Waals surface area contributed by atoms with Crippen LogP contribution in [0.15, 0.2) is 16.6 Å². The molecule has 5 nitrogen and oxygen atoms in total. The number of anilines is 1. The van der Waals surface area contributed by atoms with Crippen LogP contribution in [-0.2, 0) is 9.59 Å². The van der Waals surface area contributed by atoms with E-state index in [9.17, 15) is 9.59 Å². The molecule has 20 heavy (non-hydrogen) atoms. The maximum atomic E-state index is 12.2. The number of amides is 2. The second-order valence-electron chi connectivity index (χ2n) is 4.83. The topological polar surface area (TPSA) is 67.4 Å². The van der Waals surface area contributed by atoms with Crippen molar-refractivity contribution in [1.82, 2.24) is 5.32 Å². The van der Waals surface area contributed by atoms with Gasteiger partial charge in [-0.15, -0.1) is 0 Å². The Morgan fingerprint density at radius 3 is 2.85 bits per heavy atom. The highest BCUT2D eigenvalue weighted by Gasteiger charge is 2.25. The molecular formula is C14H17BrN2O3. The lowest BCUT2D eigenvalue weighted by Gasteiger charge is -2.22. The van der Waals surface area contributed by atoms with Gasteiger partial charge in [-0.05, 0) is 31.0 Å². The van der Waals surface area contributed by atoms with E-state index in [1.54, 1.807) is 7.11 Å². The lowest BCUT2D eigenvalue weighted by atomic mass is 9.98. The van der Waals surface area contributed by atoms with E-state index in [2.05, 4.69) is 26.6 Å². The largest absolute Gasteiger partial charge is 0.495 e. The fraction of sp³-hybridized carbons (Fsp3) is 0.429. The number of benzene rings is 1. The van der Waals surface area contributed by atoms with Crippen molar-refractivity contribution in [2.75, 3.05) is 19.0 Å². The van der Waals surface area contributed by atoms with Gasteiger partial charge in [-0.3, -0.25) is 9.59 Å². The molecule has 0 aromatic heterocycles. The standard InChI is InChI=1S/C14H17BrN2O3/c1-8-5-10(15)6-11(20-2)13(8)17-14(19)9-3-4-12(18)16-7-9/h5-6,9H,3-4,7H2,1-2H3,(H,16,18)(H,17,19). The van der Waals surface area contributed by atoms with Crippen molar-refractivity contribution in [2.24, 2.45) is 5.92 Å². The van der Waals surface area contributed by atoms with Crippen LogP contribution in [0.5, 0.6) is 5.75 Å². The lowest BCUT2D eigenvalue weighted by Crippen LogP contribution is -2.40. The fourth-order valence-corrected chi connectivity index (χ4v) is 2.77. The minimum absolute atomic E-state index is 0.00597. The molecule has 1 aromatic carbocycles. The van der Waals surface area contributed by atoms with Crippen molar-refractivity contribution < 1.29 is 14.3 Å². The summed E-state index contributed by atoms with van der Waals surface area (Å²) in [4.78, 5) is 23.4. The molecule has 0 aliphatic carbocycles. The number of methoxy groups -OCH3 is 1. The molecule has 0 spiro atoms. The van der Waals surface area contributed by atoms with Crippen LogP contribution in [0.4, 0.5) is 5.69 Å². The van der Waals surface area contributed by atoms with Gasteiger partial charge in [0.05, 0.1) is 18.7 Å². The van der Waals surface area contributed by atoms with E-state index in [-0.39, 0.29) is 17.7 Å². The monoisotopic (exact) mass is 340 g/mol. The molecule has 1 heterocycles. The second-order valence-corrected chi connectivity index (χ2v) is 5.74. The van der Waals surface area contributed by atoms with Gasteiger partial charge >= 0.3 is 0 Å². The highest BCUT2D eigenvalue weighted by Crippen LogP contribution is 2.32. The van der Waals surface area contributed by atoms with Crippen molar-refractivity contribution in [3.8, 4) is 5.75 Å². The van der Waals surface area contributed by atoms with E-state index in [0.29, 0.717) is 30.8 Å². The lowest BCUT2D eigenvalue weighted by molar-refractivity contribution is -0.126. The number of carbonyl (C=O) groups excluding carboxylic acids is 2. The number of rotatable bonds is 3. The molecule has 0 radical (unpaired) electrons. The summed E-state index contributed by atoms with van der Waals surface area (Å²) >= 11 is 3.40. The van der Waals surface area contributed by atoms with Crippen LogP contribution in [0.25, 0.3) is 0 Å². The summed E-state index contributed by atoms with van der Waals surface area (Å²) in [7, 11) is 1.57. The fourth-order valence-electron chi connectivity index (χ4n) is 2.22. The molecule has 1 aliphatic heterocycles. The molecule has 1 fully saturated rings. The summed E-state index contributed by atoms with van der Waals surface area (Å²) in [5.41, 5.74) is 1.60. The summed E-state index contributed by atoms with van der Waals surface area (Å²) in [6.07, 6.45) is 0.976. The van der Waals surface area contributed by atoms with Crippen LogP contribution in [0, 0.1) is 12.8 Å². The highest BCUT2D eigenvalue weighted by molar-refractivity contribution is 9.10. The Hall–Kier alpha value is -1.56. The van der Waals surface area contributed by atoms with Gasteiger partial charge in [-0.2, -0.15) is 0 Å². The highest BCUT2D eigenvalue weighted by atomic mass is 79.9. The van der Waals surface area contributed by atoms with E-state index >= 15 is 0 Å². The molecule has 2 N–H and O–H groups in total. The summed E-state index contributed by atoms with van der Waals surface area (Å²) in [5.74, 6) is 0.339. The van der Waals surface area contributed by atoms with Crippen molar-refractivity contribution in [1.29, 1.82) is 0 Å². The number of nitrogens with one attached hydrogen (secondary N) is 2. The van der Waals surface area contributed by atoms with Gasteiger partial charge < -0.3 is 15.4 Å². The van der Waals surface area contributed by atoms with E-state index < -0.39 is 0 Å². The first kappa shape index (κ1) is 14.8. The molecule has 6 heteroatoms. The molecule has 1 unspecified atom stereocenters. The Morgan fingerprint density at radius 2 is 2.25 bits per heavy atom.